The molecule has 2 N–H and O–H groups in total. The van der Waals surface area contributed by atoms with Crippen LogP contribution in [0.5, 0.6) is 5.75 Å². The van der Waals surface area contributed by atoms with Crippen molar-refractivity contribution in [2.24, 2.45) is 0 Å². The van der Waals surface area contributed by atoms with Gasteiger partial charge in [0, 0.05) is 12.1 Å². The Hall–Kier alpha value is -2.91. The molecule has 0 saturated heterocycles. The summed E-state index contributed by atoms with van der Waals surface area (Å²) < 4.78 is 47.6. The quantitative estimate of drug-likeness (QED) is 0.468. The van der Waals surface area contributed by atoms with Gasteiger partial charge < -0.3 is 15.4 Å². The number of benzene rings is 2. The van der Waals surface area contributed by atoms with Crippen LogP contribution in [0.25, 0.3) is 0 Å². The zero-order valence-electron chi connectivity index (χ0n) is 16.6. The van der Waals surface area contributed by atoms with E-state index in [-0.39, 0.29) is 22.8 Å². The highest BCUT2D eigenvalue weighted by Crippen LogP contribution is 2.44. The van der Waals surface area contributed by atoms with Crippen LogP contribution in [0.15, 0.2) is 48.7 Å². The molecule has 1 aliphatic heterocycles. The van der Waals surface area contributed by atoms with Gasteiger partial charge in [0.25, 0.3) is 5.91 Å². The molecule has 2 heterocycles. The summed E-state index contributed by atoms with van der Waals surface area (Å²) in [5.74, 6) is -0.141. The van der Waals surface area contributed by atoms with Crippen molar-refractivity contribution < 1.29 is 22.7 Å². The zero-order valence-corrected chi connectivity index (χ0v) is 18.1. The van der Waals surface area contributed by atoms with E-state index in [1.807, 2.05) is 0 Å². The number of hydrogen-bond acceptors (Lipinski definition) is 4. The fourth-order valence-electron chi connectivity index (χ4n) is 3.58. The Morgan fingerprint density at radius 1 is 1.22 bits per heavy atom. The number of hydrogen-bond donors (Lipinski definition) is 2. The summed E-state index contributed by atoms with van der Waals surface area (Å²) in [6.07, 6.45) is -3.74. The molecule has 2 atom stereocenters. The lowest BCUT2D eigenvalue weighted by atomic mass is 9.96. The maximum absolute atomic E-state index is 13.9. The minimum absolute atomic E-state index is 0.0241. The van der Waals surface area contributed by atoms with Gasteiger partial charge in [0.2, 0.25) is 0 Å². The Morgan fingerprint density at radius 2 is 2.00 bits per heavy atom. The van der Waals surface area contributed by atoms with Crippen molar-refractivity contribution in [3.63, 3.8) is 0 Å². The van der Waals surface area contributed by atoms with Crippen LogP contribution < -0.4 is 15.4 Å². The Morgan fingerprint density at radius 3 is 2.69 bits per heavy atom. The van der Waals surface area contributed by atoms with E-state index in [1.165, 1.54) is 25.3 Å². The van der Waals surface area contributed by atoms with E-state index in [4.69, 9.17) is 27.9 Å². The second-order valence-electron chi connectivity index (χ2n) is 7.20. The van der Waals surface area contributed by atoms with Gasteiger partial charge in [-0.2, -0.15) is 18.3 Å². The number of nitrogens with zero attached hydrogens (tertiary/aromatic N) is 2. The van der Waals surface area contributed by atoms with Crippen LogP contribution in [0.2, 0.25) is 10.0 Å². The van der Waals surface area contributed by atoms with E-state index in [9.17, 15) is 18.0 Å². The summed E-state index contributed by atoms with van der Waals surface area (Å²) in [5, 5.41) is 10.1. The van der Waals surface area contributed by atoms with Crippen LogP contribution in [0.3, 0.4) is 0 Å². The highest BCUT2D eigenvalue weighted by molar-refractivity contribution is 6.42. The molecule has 0 fully saturated rings. The van der Waals surface area contributed by atoms with Crippen molar-refractivity contribution in [3.05, 3.63) is 69.8 Å². The summed E-state index contributed by atoms with van der Waals surface area (Å²) in [7, 11) is 1.48. The summed E-state index contributed by atoms with van der Waals surface area (Å²) in [6, 6.07) is 8.64. The first-order valence-corrected chi connectivity index (χ1v) is 10.2. The molecule has 6 nitrogen and oxygen atoms in total. The minimum atomic E-state index is -4.56. The van der Waals surface area contributed by atoms with Crippen LogP contribution in [0.1, 0.15) is 34.4 Å². The second kappa shape index (κ2) is 8.55. The average Bonchev–Trinajstić information content (AvgIpc) is 3.19. The lowest BCUT2D eigenvalue weighted by Crippen LogP contribution is -2.36. The van der Waals surface area contributed by atoms with Gasteiger partial charge >= 0.3 is 6.18 Å². The molecule has 0 aliphatic carbocycles. The van der Waals surface area contributed by atoms with E-state index in [1.54, 1.807) is 24.3 Å². The number of carbonyl (C=O) groups is 1. The summed E-state index contributed by atoms with van der Waals surface area (Å²) in [4.78, 5) is 12.9. The minimum Gasteiger partial charge on any atom is -0.497 e. The van der Waals surface area contributed by atoms with Gasteiger partial charge in [-0.25, -0.2) is 4.68 Å². The number of methoxy groups -OCH3 is 1. The molecule has 4 rings (SSSR count). The van der Waals surface area contributed by atoms with Crippen molar-refractivity contribution in [2.75, 3.05) is 17.7 Å². The first-order chi connectivity index (χ1) is 15.2. The topological polar surface area (TPSA) is 68.2 Å². The predicted molar refractivity (Wildman–Crippen MR) is 116 cm³/mol. The molecule has 0 spiro atoms. The number of amides is 1. The molecule has 2 aromatic carbocycles. The molecule has 0 radical (unpaired) electrons. The third-order valence-corrected chi connectivity index (χ3v) is 5.90. The van der Waals surface area contributed by atoms with E-state index in [0.29, 0.717) is 22.0 Å². The maximum atomic E-state index is 13.9. The molecule has 1 aromatic heterocycles. The number of nitrogens with one attached hydrogen (secondary N) is 2. The van der Waals surface area contributed by atoms with Crippen molar-refractivity contribution >= 4 is 40.6 Å². The molecule has 1 aliphatic rings. The van der Waals surface area contributed by atoms with E-state index in [2.05, 4.69) is 15.7 Å². The Labute approximate surface area is 191 Å². The summed E-state index contributed by atoms with van der Waals surface area (Å²) in [5.41, 5.74) is 0.914. The van der Waals surface area contributed by atoms with Crippen molar-refractivity contribution in [2.45, 2.75) is 24.7 Å². The van der Waals surface area contributed by atoms with Gasteiger partial charge in [-0.15, -0.1) is 0 Å². The molecular weight excluding hydrogens is 468 g/mol. The highest BCUT2D eigenvalue weighted by atomic mass is 35.5. The lowest BCUT2D eigenvalue weighted by molar-refractivity contribution is -0.173. The molecule has 11 heteroatoms. The zero-order chi connectivity index (χ0) is 23.0. The highest BCUT2D eigenvalue weighted by Gasteiger charge is 2.47. The Balaban J connectivity index is 1.69. The third-order valence-electron chi connectivity index (χ3n) is 5.16. The third kappa shape index (κ3) is 4.35. The van der Waals surface area contributed by atoms with Gasteiger partial charge in [0.15, 0.2) is 6.04 Å². The number of alkyl halides is 3. The first kappa shape index (κ1) is 22.3. The van der Waals surface area contributed by atoms with Crippen LogP contribution in [-0.4, -0.2) is 29.0 Å². The average molecular weight is 485 g/mol. The molecule has 0 unspecified atom stereocenters. The van der Waals surface area contributed by atoms with Gasteiger partial charge in [0.1, 0.15) is 17.1 Å². The van der Waals surface area contributed by atoms with Crippen molar-refractivity contribution in [1.82, 2.24) is 9.78 Å². The predicted octanol–water partition coefficient (Wildman–Crippen LogP) is 6.11. The first-order valence-electron chi connectivity index (χ1n) is 9.48. The number of carbonyl (C=O) groups excluding carboxylic acids is 1. The molecule has 3 aromatic rings. The van der Waals surface area contributed by atoms with E-state index < -0.39 is 24.2 Å². The molecule has 32 heavy (non-hydrogen) atoms. The van der Waals surface area contributed by atoms with Crippen LogP contribution >= 0.6 is 23.2 Å². The number of fused-ring (bicyclic) bond motifs is 1. The Kier molecular flexibility index (Phi) is 5.96. The Bertz CT molecular complexity index is 1170. The molecular formula is C21H17Cl2F3N4O2. The summed E-state index contributed by atoms with van der Waals surface area (Å²) >= 11 is 11.9. The maximum Gasteiger partial charge on any atom is 0.410 e. The second-order valence-corrected chi connectivity index (χ2v) is 8.02. The number of aromatic nitrogens is 2. The van der Waals surface area contributed by atoms with Gasteiger partial charge in [-0.3, -0.25) is 4.79 Å². The lowest BCUT2D eigenvalue weighted by Gasteiger charge is -2.34. The SMILES string of the molecule is COc1cccc([C@H]2C[C@H](C(F)(F)F)n3ncc(C(=O)Nc4ccc(Cl)c(Cl)c4)c3N2)c1. The monoisotopic (exact) mass is 484 g/mol. The molecule has 1 amide bonds. The fraction of sp³-hybridized carbons (Fsp3) is 0.238. The number of rotatable bonds is 4. The van der Waals surface area contributed by atoms with Crippen molar-refractivity contribution in [3.8, 4) is 5.75 Å². The fourth-order valence-corrected chi connectivity index (χ4v) is 3.88. The van der Waals surface area contributed by atoms with Crippen molar-refractivity contribution in [1.29, 1.82) is 0 Å². The number of ether oxygens (including phenoxy) is 1. The summed E-state index contributed by atoms with van der Waals surface area (Å²) in [6.45, 7) is 0. The van der Waals surface area contributed by atoms with Gasteiger partial charge in [-0.05, 0) is 35.9 Å². The number of halogens is 5. The van der Waals surface area contributed by atoms with Crippen LogP contribution in [-0.2, 0) is 0 Å². The largest absolute Gasteiger partial charge is 0.497 e. The van der Waals surface area contributed by atoms with Gasteiger partial charge in [0.05, 0.1) is 29.4 Å². The molecule has 168 valence electrons. The van der Waals surface area contributed by atoms with Gasteiger partial charge in [-0.1, -0.05) is 35.3 Å². The van der Waals surface area contributed by atoms with Crippen LogP contribution in [0, 0.1) is 0 Å². The normalized spacial score (nSPS) is 17.9. The van der Waals surface area contributed by atoms with Crippen LogP contribution in [0.4, 0.5) is 24.7 Å². The molecule has 0 bridgehead atoms. The number of anilines is 2. The van der Waals surface area contributed by atoms with E-state index >= 15 is 0 Å². The smallest absolute Gasteiger partial charge is 0.410 e. The van der Waals surface area contributed by atoms with E-state index in [0.717, 1.165) is 10.9 Å². The standard InChI is InChI=1S/C21H17Cl2F3N4O2/c1-32-13-4-2-3-11(7-13)17-9-18(21(24,25)26)30-19(29-17)14(10-27-30)20(31)28-12-5-6-15(22)16(23)8-12/h2-8,10,17-18,29H,9H2,1H3,(H,28,31)/t17-,18-/m1/s1. The molecule has 0 saturated carbocycles.